The zero-order valence-corrected chi connectivity index (χ0v) is 15.8. The Morgan fingerprint density at radius 3 is 2.89 bits per heavy atom. The second-order valence-electron chi connectivity index (χ2n) is 7.05. The highest BCUT2D eigenvalue weighted by Crippen LogP contribution is 2.30. The van der Waals surface area contributed by atoms with Gasteiger partial charge in [-0.25, -0.2) is 0 Å². The highest BCUT2D eigenvalue weighted by Gasteiger charge is 2.27. The molecule has 0 spiro atoms. The molecule has 0 bridgehead atoms. The van der Waals surface area contributed by atoms with Crippen molar-refractivity contribution in [3.63, 3.8) is 0 Å². The van der Waals surface area contributed by atoms with E-state index in [-0.39, 0.29) is 25.1 Å². The van der Waals surface area contributed by atoms with E-state index in [2.05, 4.69) is 0 Å². The van der Waals surface area contributed by atoms with Gasteiger partial charge in [0.2, 0.25) is 0 Å². The van der Waals surface area contributed by atoms with E-state index in [1.54, 1.807) is 7.11 Å². The molecule has 7 heteroatoms. The van der Waals surface area contributed by atoms with Crippen molar-refractivity contribution >= 4 is 18.0 Å². The third-order valence-electron chi connectivity index (χ3n) is 5.20. The van der Waals surface area contributed by atoms with Gasteiger partial charge in [-0.2, -0.15) is 0 Å². The van der Waals surface area contributed by atoms with Crippen LogP contribution in [0.5, 0.6) is 11.5 Å². The predicted octanol–water partition coefficient (Wildman–Crippen LogP) is 1.87. The SMILES string of the molecule is COc1ccc2c(c1)C=C(C(=O)N1CCCC(N(C)CC(=O)O)CC1)CO2. The normalized spacial score (nSPS) is 19.6. The zero-order chi connectivity index (χ0) is 19.4. The standard InChI is InChI=1S/C20H26N2O5/c1-21(12-19(23)24)16-4-3-8-22(9-7-16)20(25)15-10-14-11-17(26-2)5-6-18(14)27-13-15/h5-6,10-11,16H,3-4,7-9,12-13H2,1-2H3,(H,23,24). The number of methoxy groups -OCH3 is 1. The summed E-state index contributed by atoms with van der Waals surface area (Å²) in [6.07, 6.45) is 4.40. The fourth-order valence-electron chi connectivity index (χ4n) is 3.67. The van der Waals surface area contributed by atoms with E-state index in [1.807, 2.05) is 41.1 Å². The van der Waals surface area contributed by atoms with Gasteiger partial charge in [-0.15, -0.1) is 0 Å². The average Bonchev–Trinajstić information content (AvgIpc) is 2.92. The monoisotopic (exact) mass is 374 g/mol. The van der Waals surface area contributed by atoms with Crippen LogP contribution in [0.25, 0.3) is 6.08 Å². The Morgan fingerprint density at radius 2 is 2.15 bits per heavy atom. The number of hydrogen-bond donors (Lipinski definition) is 1. The largest absolute Gasteiger partial charge is 0.497 e. The quantitative estimate of drug-likeness (QED) is 0.848. The van der Waals surface area contributed by atoms with E-state index >= 15 is 0 Å². The Balaban J connectivity index is 1.67. The number of carboxylic acid groups (broad SMARTS) is 1. The molecule has 0 radical (unpaired) electrons. The Kier molecular flexibility index (Phi) is 6.01. The van der Waals surface area contributed by atoms with Gasteiger partial charge in [0.15, 0.2) is 0 Å². The zero-order valence-electron chi connectivity index (χ0n) is 15.8. The lowest BCUT2D eigenvalue weighted by atomic mass is 10.1. The first-order chi connectivity index (χ1) is 13.0. The maximum atomic E-state index is 13.0. The molecule has 1 saturated heterocycles. The first-order valence-corrected chi connectivity index (χ1v) is 9.20. The fourth-order valence-corrected chi connectivity index (χ4v) is 3.67. The second-order valence-corrected chi connectivity index (χ2v) is 7.05. The van der Waals surface area contributed by atoms with Crippen LogP contribution in [0.4, 0.5) is 0 Å². The van der Waals surface area contributed by atoms with E-state index in [0.717, 1.165) is 36.3 Å². The molecular weight excluding hydrogens is 348 g/mol. The number of fused-ring (bicyclic) bond motifs is 1. The van der Waals surface area contributed by atoms with Gasteiger partial charge in [0.05, 0.1) is 19.2 Å². The second kappa shape index (κ2) is 8.43. The number of nitrogens with zero attached hydrogens (tertiary/aromatic N) is 2. The third kappa shape index (κ3) is 4.60. The number of benzene rings is 1. The molecule has 2 aliphatic rings. The van der Waals surface area contributed by atoms with Crippen molar-refractivity contribution in [2.45, 2.75) is 25.3 Å². The summed E-state index contributed by atoms with van der Waals surface area (Å²) in [5.41, 5.74) is 1.48. The lowest BCUT2D eigenvalue weighted by Gasteiger charge is -2.26. The fraction of sp³-hybridized carbons (Fsp3) is 0.500. The number of carbonyl (C=O) groups excluding carboxylic acids is 1. The predicted molar refractivity (Wildman–Crippen MR) is 101 cm³/mol. The number of aliphatic carboxylic acids is 1. The minimum Gasteiger partial charge on any atom is -0.497 e. The molecule has 27 heavy (non-hydrogen) atoms. The van der Waals surface area contributed by atoms with Gasteiger partial charge in [-0.05, 0) is 50.6 Å². The molecule has 0 aromatic heterocycles. The summed E-state index contributed by atoms with van der Waals surface area (Å²) in [6.45, 7) is 1.58. The molecule has 146 valence electrons. The number of likely N-dealkylation sites (N-methyl/N-ethyl adjacent to an activating group) is 1. The number of hydrogen-bond acceptors (Lipinski definition) is 5. The van der Waals surface area contributed by atoms with E-state index in [9.17, 15) is 9.59 Å². The maximum absolute atomic E-state index is 13.0. The summed E-state index contributed by atoms with van der Waals surface area (Å²) in [5.74, 6) is 0.637. The minimum atomic E-state index is -0.826. The van der Waals surface area contributed by atoms with Crippen molar-refractivity contribution in [3.8, 4) is 11.5 Å². The summed E-state index contributed by atoms with van der Waals surface area (Å²) in [6, 6.07) is 5.73. The van der Waals surface area contributed by atoms with Crippen molar-refractivity contribution in [3.05, 3.63) is 29.3 Å². The van der Waals surface area contributed by atoms with Gasteiger partial charge in [-0.1, -0.05) is 0 Å². The van der Waals surface area contributed by atoms with Crippen LogP contribution in [0, 0.1) is 0 Å². The number of amides is 1. The molecule has 2 aliphatic heterocycles. The van der Waals surface area contributed by atoms with Crippen LogP contribution >= 0.6 is 0 Å². The van der Waals surface area contributed by atoms with Crippen LogP contribution in [0.1, 0.15) is 24.8 Å². The van der Waals surface area contributed by atoms with Crippen LogP contribution in [-0.4, -0.2) is 73.2 Å². The smallest absolute Gasteiger partial charge is 0.317 e. The Labute approximate surface area is 159 Å². The van der Waals surface area contributed by atoms with E-state index in [4.69, 9.17) is 14.6 Å². The Bertz CT molecular complexity index is 746. The first kappa shape index (κ1) is 19.2. The molecule has 1 aromatic rings. The highest BCUT2D eigenvalue weighted by molar-refractivity contribution is 5.99. The summed E-state index contributed by atoms with van der Waals surface area (Å²) < 4.78 is 11.0. The van der Waals surface area contributed by atoms with E-state index in [0.29, 0.717) is 18.7 Å². The van der Waals surface area contributed by atoms with Crippen LogP contribution in [-0.2, 0) is 9.59 Å². The lowest BCUT2D eigenvalue weighted by molar-refractivity contribution is -0.138. The Morgan fingerprint density at radius 1 is 1.33 bits per heavy atom. The lowest BCUT2D eigenvalue weighted by Crippen LogP contribution is -2.38. The molecule has 1 aromatic carbocycles. The van der Waals surface area contributed by atoms with Crippen molar-refractivity contribution in [2.75, 3.05) is 40.4 Å². The van der Waals surface area contributed by atoms with Crippen LogP contribution in [0.15, 0.2) is 23.8 Å². The van der Waals surface area contributed by atoms with Crippen molar-refractivity contribution in [2.24, 2.45) is 0 Å². The molecule has 1 N–H and O–H groups in total. The topological polar surface area (TPSA) is 79.3 Å². The van der Waals surface area contributed by atoms with Gasteiger partial charge in [0.25, 0.3) is 5.91 Å². The number of ether oxygens (including phenoxy) is 2. The number of likely N-dealkylation sites (tertiary alicyclic amines) is 1. The minimum absolute atomic E-state index is 0.00925. The molecule has 7 nitrogen and oxygen atoms in total. The van der Waals surface area contributed by atoms with Crippen LogP contribution in [0.2, 0.25) is 0 Å². The summed E-state index contributed by atoms with van der Waals surface area (Å²) in [7, 11) is 3.44. The average molecular weight is 374 g/mol. The molecule has 3 rings (SSSR count). The summed E-state index contributed by atoms with van der Waals surface area (Å²) >= 11 is 0. The Hall–Kier alpha value is -2.54. The van der Waals surface area contributed by atoms with Crippen molar-refractivity contribution < 1.29 is 24.2 Å². The molecule has 1 fully saturated rings. The van der Waals surface area contributed by atoms with Gasteiger partial charge in [0, 0.05) is 24.7 Å². The highest BCUT2D eigenvalue weighted by atomic mass is 16.5. The number of rotatable bonds is 5. The molecule has 0 aliphatic carbocycles. The summed E-state index contributed by atoms with van der Waals surface area (Å²) in [5, 5.41) is 8.98. The molecule has 0 saturated carbocycles. The first-order valence-electron chi connectivity index (χ1n) is 9.20. The number of carbonyl (C=O) groups is 2. The summed E-state index contributed by atoms with van der Waals surface area (Å²) in [4.78, 5) is 27.6. The number of carboxylic acids is 1. The molecule has 2 heterocycles. The van der Waals surface area contributed by atoms with E-state index in [1.165, 1.54) is 0 Å². The molecule has 1 atom stereocenters. The molecular formula is C20H26N2O5. The third-order valence-corrected chi connectivity index (χ3v) is 5.20. The van der Waals surface area contributed by atoms with Crippen LogP contribution in [0.3, 0.4) is 0 Å². The van der Waals surface area contributed by atoms with Crippen LogP contribution < -0.4 is 9.47 Å². The maximum Gasteiger partial charge on any atom is 0.317 e. The molecule has 1 unspecified atom stereocenters. The van der Waals surface area contributed by atoms with E-state index < -0.39 is 5.97 Å². The van der Waals surface area contributed by atoms with Gasteiger partial charge in [0.1, 0.15) is 18.1 Å². The van der Waals surface area contributed by atoms with Gasteiger partial charge in [-0.3, -0.25) is 14.5 Å². The van der Waals surface area contributed by atoms with Crippen molar-refractivity contribution in [1.29, 1.82) is 0 Å². The van der Waals surface area contributed by atoms with Gasteiger partial charge < -0.3 is 19.5 Å². The van der Waals surface area contributed by atoms with Crippen molar-refractivity contribution in [1.82, 2.24) is 9.80 Å². The van der Waals surface area contributed by atoms with Gasteiger partial charge >= 0.3 is 5.97 Å². The molecule has 1 amide bonds.